The van der Waals surface area contributed by atoms with Gasteiger partial charge in [-0.1, -0.05) is 23.5 Å². The summed E-state index contributed by atoms with van der Waals surface area (Å²) in [7, 11) is 1.52. The first-order valence-electron chi connectivity index (χ1n) is 7.14. The zero-order chi connectivity index (χ0) is 16.5. The van der Waals surface area contributed by atoms with Crippen LogP contribution in [0.1, 0.15) is 10.4 Å². The molecule has 122 valence electrons. The Labute approximate surface area is 141 Å². The molecule has 1 aromatic heterocycles. The van der Waals surface area contributed by atoms with E-state index in [1.165, 1.54) is 18.4 Å². The van der Waals surface area contributed by atoms with Crippen LogP contribution in [0, 0.1) is 0 Å². The Balaban J connectivity index is 1.51. The number of anilines is 1. The molecule has 3 aromatic rings. The molecule has 1 aliphatic heterocycles. The molecule has 0 unspecified atom stereocenters. The van der Waals surface area contributed by atoms with Gasteiger partial charge in [0, 0.05) is 12.1 Å². The average molecular weight is 343 g/mol. The number of aromatic nitrogens is 1. The van der Waals surface area contributed by atoms with Crippen molar-refractivity contribution < 1.29 is 19.0 Å². The smallest absolute Gasteiger partial charge is 0.273 e. The van der Waals surface area contributed by atoms with E-state index in [0.29, 0.717) is 27.9 Å². The summed E-state index contributed by atoms with van der Waals surface area (Å²) >= 11 is 1.41. The molecular weight excluding hydrogens is 330 g/mol. The number of hydrazine groups is 1. The molecule has 0 spiro atoms. The van der Waals surface area contributed by atoms with Gasteiger partial charge in [-0.15, -0.1) is 0 Å². The Morgan fingerprint density at radius 1 is 1.25 bits per heavy atom. The summed E-state index contributed by atoms with van der Waals surface area (Å²) in [6, 6.07) is 10.7. The molecule has 0 fully saturated rings. The topological polar surface area (TPSA) is 81.7 Å². The van der Waals surface area contributed by atoms with E-state index in [1.54, 1.807) is 24.3 Å². The second kappa shape index (κ2) is 5.89. The van der Waals surface area contributed by atoms with Gasteiger partial charge in [0.2, 0.25) is 11.9 Å². The minimum atomic E-state index is -0.305. The van der Waals surface area contributed by atoms with Crippen molar-refractivity contribution in [3.05, 3.63) is 42.0 Å². The van der Waals surface area contributed by atoms with Crippen molar-refractivity contribution in [1.82, 2.24) is 10.4 Å². The molecule has 0 saturated heterocycles. The molecule has 2 N–H and O–H groups in total. The summed E-state index contributed by atoms with van der Waals surface area (Å²) in [6.07, 6.45) is 0. The fraction of sp³-hybridized carbons (Fsp3) is 0.125. The molecule has 1 aliphatic rings. The van der Waals surface area contributed by atoms with Crippen molar-refractivity contribution in [2.24, 2.45) is 0 Å². The van der Waals surface area contributed by atoms with Crippen molar-refractivity contribution >= 4 is 32.6 Å². The number of hydrogen-bond donors (Lipinski definition) is 2. The van der Waals surface area contributed by atoms with Gasteiger partial charge in [-0.05, 0) is 12.1 Å². The lowest BCUT2D eigenvalue weighted by molar-refractivity contribution is 0.0959. The number of thiazole rings is 1. The number of ether oxygens (including phenoxy) is 3. The van der Waals surface area contributed by atoms with Crippen LogP contribution in [0.2, 0.25) is 0 Å². The molecule has 0 aliphatic carbocycles. The highest BCUT2D eigenvalue weighted by atomic mass is 32.1. The van der Waals surface area contributed by atoms with Crippen molar-refractivity contribution in [2.45, 2.75) is 0 Å². The van der Waals surface area contributed by atoms with Crippen LogP contribution in [-0.4, -0.2) is 24.8 Å². The summed E-state index contributed by atoms with van der Waals surface area (Å²) in [5.41, 5.74) is 6.67. The Bertz CT molecular complexity index is 884. The molecule has 0 atom stereocenters. The number of nitrogens with one attached hydrogen (secondary N) is 2. The molecule has 1 amide bonds. The number of hydrogen-bond acceptors (Lipinski definition) is 7. The van der Waals surface area contributed by atoms with Crippen LogP contribution < -0.4 is 25.1 Å². The van der Waals surface area contributed by atoms with Crippen molar-refractivity contribution in [3.8, 4) is 17.2 Å². The second-order valence-corrected chi connectivity index (χ2v) is 6.00. The maximum absolute atomic E-state index is 12.3. The maximum atomic E-state index is 12.3. The van der Waals surface area contributed by atoms with E-state index < -0.39 is 0 Å². The molecular formula is C16H13N3O4S. The second-order valence-electron chi connectivity index (χ2n) is 4.97. The van der Waals surface area contributed by atoms with Crippen LogP contribution in [0.15, 0.2) is 36.4 Å². The van der Waals surface area contributed by atoms with Gasteiger partial charge in [0.1, 0.15) is 5.75 Å². The van der Waals surface area contributed by atoms with Gasteiger partial charge in [-0.2, -0.15) is 0 Å². The lowest BCUT2D eigenvalue weighted by atomic mass is 10.2. The summed E-state index contributed by atoms with van der Waals surface area (Å²) in [5, 5.41) is 0.567. The number of nitrogens with zero attached hydrogens (tertiary/aromatic N) is 1. The molecule has 0 saturated carbocycles. The molecule has 4 rings (SSSR count). The van der Waals surface area contributed by atoms with Crippen LogP contribution in [0.4, 0.5) is 5.13 Å². The highest BCUT2D eigenvalue weighted by molar-refractivity contribution is 7.22. The zero-order valence-electron chi connectivity index (χ0n) is 12.7. The van der Waals surface area contributed by atoms with Gasteiger partial charge < -0.3 is 14.2 Å². The Hall–Kier alpha value is -3.00. The van der Waals surface area contributed by atoms with Crippen molar-refractivity contribution in [2.75, 3.05) is 19.3 Å². The molecule has 24 heavy (non-hydrogen) atoms. The van der Waals surface area contributed by atoms with Gasteiger partial charge in [-0.25, -0.2) is 4.98 Å². The van der Waals surface area contributed by atoms with Crippen LogP contribution in [0.25, 0.3) is 10.2 Å². The van der Waals surface area contributed by atoms with Gasteiger partial charge in [0.05, 0.1) is 22.9 Å². The van der Waals surface area contributed by atoms with E-state index in [1.807, 2.05) is 12.1 Å². The van der Waals surface area contributed by atoms with Gasteiger partial charge in [-0.3, -0.25) is 15.6 Å². The summed E-state index contributed by atoms with van der Waals surface area (Å²) < 4.78 is 16.8. The molecule has 0 radical (unpaired) electrons. The monoisotopic (exact) mass is 343 g/mol. The standard InChI is InChI=1S/C16H13N3O4S/c1-21-11-5-3-2-4-9(11)15(20)18-19-16-17-10-6-12-13(23-8-22-12)7-14(10)24-16/h2-7H,8H2,1H3,(H,17,19)(H,18,20). The average Bonchev–Trinajstić information content (AvgIpc) is 3.22. The molecule has 7 nitrogen and oxygen atoms in total. The Morgan fingerprint density at radius 3 is 2.88 bits per heavy atom. The number of para-hydroxylation sites is 1. The predicted molar refractivity (Wildman–Crippen MR) is 89.8 cm³/mol. The third kappa shape index (κ3) is 2.56. The zero-order valence-corrected chi connectivity index (χ0v) is 13.5. The number of carbonyl (C=O) groups is 1. The first kappa shape index (κ1) is 14.6. The van der Waals surface area contributed by atoms with Crippen LogP contribution in [0.3, 0.4) is 0 Å². The number of amides is 1. The van der Waals surface area contributed by atoms with E-state index in [9.17, 15) is 4.79 Å². The first-order chi connectivity index (χ1) is 11.7. The van der Waals surface area contributed by atoms with E-state index in [-0.39, 0.29) is 12.7 Å². The summed E-state index contributed by atoms with van der Waals surface area (Å²) in [4.78, 5) is 16.7. The van der Waals surface area contributed by atoms with Crippen LogP contribution in [0.5, 0.6) is 17.2 Å². The third-order valence-electron chi connectivity index (χ3n) is 3.52. The number of benzene rings is 2. The largest absolute Gasteiger partial charge is 0.496 e. The summed E-state index contributed by atoms with van der Waals surface area (Å²) in [6.45, 7) is 0.229. The minimum absolute atomic E-state index is 0.229. The van der Waals surface area contributed by atoms with Crippen LogP contribution >= 0.6 is 11.3 Å². The van der Waals surface area contributed by atoms with E-state index in [0.717, 1.165) is 10.2 Å². The first-order valence-corrected chi connectivity index (χ1v) is 7.96. The fourth-order valence-corrected chi connectivity index (χ4v) is 3.21. The minimum Gasteiger partial charge on any atom is -0.496 e. The van der Waals surface area contributed by atoms with Crippen molar-refractivity contribution in [1.29, 1.82) is 0 Å². The quantitative estimate of drug-likeness (QED) is 0.709. The fourth-order valence-electron chi connectivity index (χ4n) is 2.38. The number of rotatable bonds is 4. The highest BCUT2D eigenvalue weighted by Gasteiger charge is 2.17. The van der Waals surface area contributed by atoms with E-state index in [4.69, 9.17) is 14.2 Å². The van der Waals surface area contributed by atoms with Crippen LogP contribution in [-0.2, 0) is 0 Å². The lowest BCUT2D eigenvalue weighted by Crippen LogP contribution is -2.29. The SMILES string of the molecule is COc1ccccc1C(=O)NNc1nc2cc3c(cc2s1)OCO3. The number of fused-ring (bicyclic) bond motifs is 2. The van der Waals surface area contributed by atoms with Gasteiger partial charge in [0.25, 0.3) is 5.91 Å². The lowest BCUT2D eigenvalue weighted by Gasteiger charge is -2.08. The van der Waals surface area contributed by atoms with Crippen molar-refractivity contribution in [3.63, 3.8) is 0 Å². The third-order valence-corrected chi connectivity index (χ3v) is 4.45. The number of methoxy groups -OCH3 is 1. The predicted octanol–water partition coefficient (Wildman–Crippen LogP) is 2.79. The normalized spacial score (nSPS) is 12.2. The van der Waals surface area contributed by atoms with Gasteiger partial charge in [0.15, 0.2) is 11.5 Å². The number of carbonyl (C=O) groups excluding carboxylic acids is 1. The molecule has 2 aromatic carbocycles. The Morgan fingerprint density at radius 2 is 2.04 bits per heavy atom. The highest BCUT2D eigenvalue weighted by Crippen LogP contribution is 2.38. The van der Waals surface area contributed by atoms with E-state index >= 15 is 0 Å². The molecule has 0 bridgehead atoms. The molecule has 2 heterocycles. The van der Waals surface area contributed by atoms with E-state index in [2.05, 4.69) is 15.8 Å². The Kier molecular flexibility index (Phi) is 3.58. The molecule has 8 heteroatoms. The summed E-state index contributed by atoms with van der Waals surface area (Å²) in [5.74, 6) is 1.58. The maximum Gasteiger partial charge on any atom is 0.273 e. The van der Waals surface area contributed by atoms with Gasteiger partial charge >= 0.3 is 0 Å².